The van der Waals surface area contributed by atoms with Crippen LogP contribution in [0.25, 0.3) is 10.6 Å². The number of thiazole rings is 1. The minimum atomic E-state index is -0.0708. The number of aromatic nitrogens is 1. The largest absolute Gasteiger partial charge is 0.345 e. The molecule has 0 radical (unpaired) electrons. The third kappa shape index (κ3) is 4.89. The summed E-state index contributed by atoms with van der Waals surface area (Å²) in [6, 6.07) is 8.45. The molecule has 0 aliphatic carbocycles. The lowest BCUT2D eigenvalue weighted by Crippen LogP contribution is -2.40. The molecule has 2 rings (SSSR count). The van der Waals surface area contributed by atoms with Gasteiger partial charge in [-0.1, -0.05) is 45.0 Å². The van der Waals surface area contributed by atoms with E-state index in [0.29, 0.717) is 19.5 Å². The van der Waals surface area contributed by atoms with Gasteiger partial charge in [0, 0.05) is 24.5 Å². The van der Waals surface area contributed by atoms with Crippen molar-refractivity contribution in [1.82, 2.24) is 9.88 Å². The Bertz CT molecular complexity index is 676. The maximum atomic E-state index is 12.4. The van der Waals surface area contributed by atoms with Gasteiger partial charge in [-0.3, -0.25) is 4.79 Å². The number of carbonyl (C=O) groups excluding carboxylic acids is 1. The highest BCUT2D eigenvalue weighted by molar-refractivity contribution is 7.13. The Hall–Kier alpha value is -1.72. The fourth-order valence-electron chi connectivity index (χ4n) is 2.49. The molecule has 0 atom stereocenters. The third-order valence-corrected chi connectivity index (χ3v) is 5.08. The lowest BCUT2D eigenvalue weighted by atomic mass is 9.93. The molecule has 2 aromatic rings. The van der Waals surface area contributed by atoms with Crippen LogP contribution < -0.4 is 5.73 Å². The maximum absolute atomic E-state index is 12.4. The average molecular weight is 346 g/mol. The van der Waals surface area contributed by atoms with E-state index in [9.17, 15) is 4.79 Å². The number of aryl methyl sites for hydroxylation is 1. The van der Waals surface area contributed by atoms with E-state index >= 15 is 0 Å². The third-order valence-electron chi connectivity index (χ3n) is 4.14. The van der Waals surface area contributed by atoms with E-state index in [-0.39, 0.29) is 11.3 Å². The van der Waals surface area contributed by atoms with Crippen LogP contribution in [0.5, 0.6) is 0 Å². The molecule has 0 unspecified atom stereocenters. The lowest BCUT2D eigenvalue weighted by molar-refractivity contribution is -0.130. The fraction of sp³-hybridized carbons (Fsp3) is 0.474. The molecule has 2 N–H and O–H groups in total. The standard InChI is InChI=1S/C19H27N3OS/c1-5-14-6-8-15(9-7-14)18-21-16(11-24-18)10-17(23)22(4)13-19(2,3)12-20/h6-9,11H,5,10,12-13,20H2,1-4H3. The molecule has 0 saturated heterocycles. The van der Waals surface area contributed by atoms with Crippen LogP contribution in [0.1, 0.15) is 32.0 Å². The number of nitrogens with zero attached hydrogens (tertiary/aromatic N) is 2. The van der Waals surface area contributed by atoms with Gasteiger partial charge in [0.1, 0.15) is 5.01 Å². The van der Waals surface area contributed by atoms with Gasteiger partial charge in [-0.25, -0.2) is 4.98 Å². The molecular formula is C19H27N3OS. The quantitative estimate of drug-likeness (QED) is 0.837. The molecule has 0 saturated carbocycles. The van der Waals surface area contributed by atoms with Crippen molar-refractivity contribution < 1.29 is 4.79 Å². The van der Waals surface area contributed by atoms with Crippen LogP contribution >= 0.6 is 11.3 Å². The van der Waals surface area contributed by atoms with E-state index in [0.717, 1.165) is 22.7 Å². The molecule has 1 amide bonds. The molecular weight excluding hydrogens is 318 g/mol. The maximum Gasteiger partial charge on any atom is 0.228 e. The van der Waals surface area contributed by atoms with E-state index in [1.165, 1.54) is 5.56 Å². The highest BCUT2D eigenvalue weighted by Gasteiger charge is 2.21. The van der Waals surface area contributed by atoms with Crippen molar-refractivity contribution in [2.45, 2.75) is 33.6 Å². The van der Waals surface area contributed by atoms with Crippen LogP contribution in [0.3, 0.4) is 0 Å². The Morgan fingerprint density at radius 2 is 1.96 bits per heavy atom. The molecule has 0 fully saturated rings. The molecule has 130 valence electrons. The second kappa shape index (κ2) is 7.90. The van der Waals surface area contributed by atoms with Crippen molar-refractivity contribution >= 4 is 17.2 Å². The first-order chi connectivity index (χ1) is 11.3. The Kier molecular flexibility index (Phi) is 6.13. The Morgan fingerprint density at radius 3 is 2.54 bits per heavy atom. The number of hydrogen-bond acceptors (Lipinski definition) is 4. The van der Waals surface area contributed by atoms with E-state index in [1.54, 1.807) is 16.2 Å². The normalized spacial score (nSPS) is 11.5. The van der Waals surface area contributed by atoms with Gasteiger partial charge in [0.25, 0.3) is 0 Å². The van der Waals surface area contributed by atoms with Crippen molar-refractivity contribution in [2.75, 3.05) is 20.1 Å². The van der Waals surface area contributed by atoms with E-state index < -0.39 is 0 Å². The Morgan fingerprint density at radius 1 is 1.29 bits per heavy atom. The highest BCUT2D eigenvalue weighted by Crippen LogP contribution is 2.24. The topological polar surface area (TPSA) is 59.2 Å². The van der Waals surface area contributed by atoms with Gasteiger partial charge >= 0.3 is 0 Å². The zero-order valence-electron chi connectivity index (χ0n) is 15.0. The molecule has 0 spiro atoms. The van der Waals surface area contributed by atoms with Gasteiger partial charge in [0.2, 0.25) is 5.91 Å². The number of rotatable bonds is 7. The summed E-state index contributed by atoms with van der Waals surface area (Å²) in [4.78, 5) is 18.8. The molecule has 0 aliphatic rings. The molecule has 4 nitrogen and oxygen atoms in total. The van der Waals surface area contributed by atoms with Gasteiger partial charge in [-0.15, -0.1) is 11.3 Å². The highest BCUT2D eigenvalue weighted by atomic mass is 32.1. The number of nitrogens with two attached hydrogens (primary N) is 1. The predicted molar refractivity (Wildman–Crippen MR) is 101 cm³/mol. The molecule has 1 aromatic carbocycles. The van der Waals surface area contributed by atoms with Crippen molar-refractivity contribution in [3.05, 3.63) is 40.9 Å². The molecule has 0 aliphatic heterocycles. The van der Waals surface area contributed by atoms with Crippen molar-refractivity contribution in [3.63, 3.8) is 0 Å². The van der Waals surface area contributed by atoms with Gasteiger partial charge in [0.05, 0.1) is 12.1 Å². The number of amides is 1. The molecule has 1 aromatic heterocycles. The first kappa shape index (κ1) is 18.6. The van der Waals surface area contributed by atoms with Crippen LogP contribution in [-0.2, 0) is 17.6 Å². The SMILES string of the molecule is CCc1ccc(-c2nc(CC(=O)N(C)CC(C)(C)CN)cs2)cc1. The Balaban J connectivity index is 2.01. The lowest BCUT2D eigenvalue weighted by Gasteiger charge is -2.28. The van der Waals surface area contributed by atoms with Crippen molar-refractivity contribution in [3.8, 4) is 10.6 Å². The summed E-state index contributed by atoms with van der Waals surface area (Å²) in [7, 11) is 1.83. The minimum absolute atomic E-state index is 0.0708. The summed E-state index contributed by atoms with van der Waals surface area (Å²) in [6.07, 6.45) is 1.37. The number of carbonyl (C=O) groups is 1. The van der Waals surface area contributed by atoms with Crippen LogP contribution in [0.15, 0.2) is 29.6 Å². The number of likely N-dealkylation sites (N-methyl/N-ethyl adjacent to an activating group) is 1. The molecule has 1 heterocycles. The van der Waals surface area contributed by atoms with Crippen LogP contribution in [0, 0.1) is 5.41 Å². The van der Waals surface area contributed by atoms with Gasteiger partial charge in [0.15, 0.2) is 0 Å². The van der Waals surface area contributed by atoms with Crippen LogP contribution in [0.4, 0.5) is 0 Å². The van der Waals surface area contributed by atoms with E-state index in [4.69, 9.17) is 5.73 Å². The smallest absolute Gasteiger partial charge is 0.228 e. The van der Waals surface area contributed by atoms with Gasteiger partial charge in [-0.2, -0.15) is 0 Å². The zero-order valence-corrected chi connectivity index (χ0v) is 15.8. The summed E-state index contributed by atoms with van der Waals surface area (Å²) in [5.74, 6) is 0.0784. The summed E-state index contributed by atoms with van der Waals surface area (Å²) < 4.78 is 0. The van der Waals surface area contributed by atoms with Gasteiger partial charge < -0.3 is 10.6 Å². The summed E-state index contributed by atoms with van der Waals surface area (Å²) in [6.45, 7) is 7.48. The fourth-order valence-corrected chi connectivity index (χ4v) is 3.31. The number of hydrogen-bond donors (Lipinski definition) is 1. The van der Waals surface area contributed by atoms with Crippen LogP contribution in [0.2, 0.25) is 0 Å². The summed E-state index contributed by atoms with van der Waals surface area (Å²) in [5.41, 5.74) is 8.93. The van der Waals surface area contributed by atoms with Gasteiger partial charge in [-0.05, 0) is 23.9 Å². The van der Waals surface area contributed by atoms with Crippen molar-refractivity contribution in [1.29, 1.82) is 0 Å². The van der Waals surface area contributed by atoms with E-state index in [2.05, 4.69) is 50.0 Å². The van der Waals surface area contributed by atoms with Crippen molar-refractivity contribution in [2.24, 2.45) is 11.1 Å². The molecule has 0 bridgehead atoms. The molecule has 24 heavy (non-hydrogen) atoms. The Labute approximate surface area is 148 Å². The predicted octanol–water partition coefficient (Wildman–Crippen LogP) is 3.36. The average Bonchev–Trinajstić information content (AvgIpc) is 3.03. The number of benzene rings is 1. The second-order valence-corrected chi connectivity index (χ2v) is 7.85. The van der Waals surface area contributed by atoms with E-state index in [1.807, 2.05) is 12.4 Å². The summed E-state index contributed by atoms with van der Waals surface area (Å²) in [5, 5.41) is 2.94. The molecule has 5 heteroatoms. The first-order valence-electron chi connectivity index (χ1n) is 8.32. The summed E-state index contributed by atoms with van der Waals surface area (Å²) >= 11 is 1.59. The second-order valence-electron chi connectivity index (χ2n) is 6.99. The first-order valence-corrected chi connectivity index (χ1v) is 9.20. The zero-order chi connectivity index (χ0) is 17.7. The van der Waals surface area contributed by atoms with Crippen LogP contribution in [-0.4, -0.2) is 35.9 Å². The monoisotopic (exact) mass is 345 g/mol. The minimum Gasteiger partial charge on any atom is -0.345 e.